The van der Waals surface area contributed by atoms with Crippen LogP contribution in [0.15, 0.2) is 42.5 Å². The van der Waals surface area contributed by atoms with E-state index in [4.69, 9.17) is 17.0 Å². The van der Waals surface area contributed by atoms with Gasteiger partial charge in [0.15, 0.2) is 5.96 Å². The summed E-state index contributed by atoms with van der Waals surface area (Å²) in [5.41, 5.74) is 2.44. The molecule has 1 saturated heterocycles. The van der Waals surface area contributed by atoms with Gasteiger partial charge >= 0.3 is 0 Å². The summed E-state index contributed by atoms with van der Waals surface area (Å²) in [6, 6.07) is 13.1. The van der Waals surface area contributed by atoms with Gasteiger partial charge in [0.05, 0.1) is 0 Å². The molecule has 0 aliphatic carbocycles. The molecule has 2 amide bonds. The standard InChI is InChI=1S/C20H21ClN4O2/c1-12(26)23-11-14-7-8-16(21)10-17(14)13-5-4-6-15(9-13)20(2)18(27)25(3)19(22)24-20/h4-10H,11H2,1-3H3,(H2,22,24)(H,23,26). The summed E-state index contributed by atoms with van der Waals surface area (Å²) < 4.78 is 0. The van der Waals surface area contributed by atoms with Crippen molar-refractivity contribution in [1.29, 1.82) is 5.41 Å². The van der Waals surface area contributed by atoms with Crippen LogP contribution in [0.5, 0.6) is 0 Å². The number of halogens is 1. The highest BCUT2D eigenvalue weighted by Crippen LogP contribution is 2.33. The molecule has 3 rings (SSSR count). The van der Waals surface area contributed by atoms with Crippen LogP contribution in [-0.4, -0.2) is 29.7 Å². The molecule has 27 heavy (non-hydrogen) atoms. The first kappa shape index (κ1) is 18.9. The van der Waals surface area contributed by atoms with Crippen LogP contribution >= 0.6 is 11.6 Å². The maximum Gasteiger partial charge on any atom is 0.259 e. The second-order valence-corrected chi connectivity index (χ2v) is 7.19. The fourth-order valence-electron chi connectivity index (χ4n) is 3.20. The van der Waals surface area contributed by atoms with Crippen molar-refractivity contribution in [3.63, 3.8) is 0 Å². The number of nitrogens with one attached hydrogen (secondary N) is 3. The summed E-state index contributed by atoms with van der Waals surface area (Å²) in [6.45, 7) is 3.62. The second-order valence-electron chi connectivity index (χ2n) is 6.75. The largest absolute Gasteiger partial charge is 0.352 e. The monoisotopic (exact) mass is 384 g/mol. The van der Waals surface area contributed by atoms with Crippen LogP contribution in [0.25, 0.3) is 11.1 Å². The third kappa shape index (κ3) is 3.53. The smallest absolute Gasteiger partial charge is 0.259 e. The summed E-state index contributed by atoms with van der Waals surface area (Å²) in [5.74, 6) is -0.226. The third-order valence-corrected chi connectivity index (χ3v) is 5.02. The molecule has 1 aliphatic rings. The zero-order chi connectivity index (χ0) is 19.8. The molecule has 1 atom stereocenters. The van der Waals surface area contributed by atoms with Gasteiger partial charge in [-0.2, -0.15) is 0 Å². The van der Waals surface area contributed by atoms with Crippen molar-refractivity contribution in [2.45, 2.75) is 25.9 Å². The number of likely N-dealkylation sites (N-methyl/N-ethyl adjacent to an activating group) is 1. The lowest BCUT2D eigenvalue weighted by Crippen LogP contribution is -2.40. The van der Waals surface area contributed by atoms with E-state index in [9.17, 15) is 9.59 Å². The van der Waals surface area contributed by atoms with Crippen LogP contribution in [0.3, 0.4) is 0 Å². The van der Waals surface area contributed by atoms with E-state index in [0.29, 0.717) is 11.6 Å². The van der Waals surface area contributed by atoms with E-state index in [0.717, 1.165) is 22.3 Å². The first-order valence-corrected chi connectivity index (χ1v) is 8.89. The highest BCUT2D eigenvalue weighted by atomic mass is 35.5. The average Bonchev–Trinajstić information content (AvgIpc) is 2.84. The molecular weight excluding hydrogens is 364 g/mol. The Morgan fingerprint density at radius 2 is 2.04 bits per heavy atom. The van der Waals surface area contributed by atoms with Crippen molar-refractivity contribution < 1.29 is 9.59 Å². The van der Waals surface area contributed by atoms with Crippen LogP contribution in [0, 0.1) is 5.41 Å². The number of nitrogens with zero attached hydrogens (tertiary/aromatic N) is 1. The van der Waals surface area contributed by atoms with E-state index in [1.54, 1.807) is 20.0 Å². The van der Waals surface area contributed by atoms with Gasteiger partial charge in [-0.15, -0.1) is 0 Å². The lowest BCUT2D eigenvalue weighted by Gasteiger charge is -2.23. The molecule has 0 saturated carbocycles. The van der Waals surface area contributed by atoms with Crippen LogP contribution in [0.2, 0.25) is 5.02 Å². The van der Waals surface area contributed by atoms with E-state index < -0.39 is 5.54 Å². The van der Waals surface area contributed by atoms with Gasteiger partial charge in [-0.25, -0.2) is 0 Å². The first-order valence-electron chi connectivity index (χ1n) is 8.51. The number of carbonyl (C=O) groups is 2. The Morgan fingerprint density at radius 3 is 2.67 bits per heavy atom. The predicted molar refractivity (Wildman–Crippen MR) is 105 cm³/mol. The minimum absolute atomic E-state index is 0.0713. The van der Waals surface area contributed by atoms with Crippen LogP contribution in [-0.2, 0) is 21.7 Å². The highest BCUT2D eigenvalue weighted by Gasteiger charge is 2.45. The third-order valence-electron chi connectivity index (χ3n) is 4.79. The number of rotatable bonds is 4. The minimum Gasteiger partial charge on any atom is -0.352 e. The summed E-state index contributed by atoms with van der Waals surface area (Å²) in [7, 11) is 1.58. The summed E-state index contributed by atoms with van der Waals surface area (Å²) in [5, 5.41) is 14.3. The van der Waals surface area contributed by atoms with Gasteiger partial charge < -0.3 is 10.6 Å². The van der Waals surface area contributed by atoms with Gasteiger partial charge in [-0.05, 0) is 47.4 Å². The van der Waals surface area contributed by atoms with Gasteiger partial charge in [0, 0.05) is 25.5 Å². The molecule has 6 nitrogen and oxygen atoms in total. The molecule has 1 aliphatic heterocycles. The molecule has 0 bridgehead atoms. The predicted octanol–water partition coefficient (Wildman–Crippen LogP) is 2.85. The highest BCUT2D eigenvalue weighted by molar-refractivity contribution is 6.30. The number of guanidine groups is 1. The normalized spacial score (nSPS) is 19.2. The van der Waals surface area contributed by atoms with Crippen LogP contribution in [0.1, 0.15) is 25.0 Å². The number of benzene rings is 2. The molecule has 3 N–H and O–H groups in total. The summed E-state index contributed by atoms with van der Waals surface area (Å²) >= 11 is 6.20. The van der Waals surface area contributed by atoms with E-state index in [1.165, 1.54) is 11.8 Å². The number of hydrogen-bond donors (Lipinski definition) is 3. The molecule has 1 fully saturated rings. The van der Waals surface area contributed by atoms with Crippen molar-refractivity contribution in [1.82, 2.24) is 15.5 Å². The van der Waals surface area contributed by atoms with Crippen molar-refractivity contribution in [3.8, 4) is 11.1 Å². The van der Waals surface area contributed by atoms with E-state index in [1.807, 2.05) is 36.4 Å². The molecule has 2 aromatic carbocycles. The molecule has 1 heterocycles. The first-order chi connectivity index (χ1) is 12.7. The van der Waals surface area contributed by atoms with Gasteiger partial charge in [-0.1, -0.05) is 35.9 Å². The summed E-state index contributed by atoms with van der Waals surface area (Å²) in [4.78, 5) is 25.2. The molecule has 0 aromatic heterocycles. The number of carbonyl (C=O) groups excluding carboxylic acids is 2. The fourth-order valence-corrected chi connectivity index (χ4v) is 3.37. The molecule has 1 unspecified atom stereocenters. The Labute approximate surface area is 163 Å². The molecule has 0 radical (unpaired) electrons. The van der Waals surface area contributed by atoms with E-state index in [-0.39, 0.29) is 17.8 Å². The van der Waals surface area contributed by atoms with Crippen LogP contribution in [0.4, 0.5) is 0 Å². The van der Waals surface area contributed by atoms with Crippen molar-refractivity contribution in [2.75, 3.05) is 7.05 Å². The molecule has 7 heteroatoms. The minimum atomic E-state index is -1.00. The number of amides is 2. The second kappa shape index (κ2) is 7.04. The van der Waals surface area contributed by atoms with Gasteiger partial charge in [0.25, 0.3) is 5.91 Å². The zero-order valence-corrected chi connectivity index (χ0v) is 16.1. The van der Waals surface area contributed by atoms with E-state index in [2.05, 4.69) is 10.6 Å². The molecular formula is C20H21ClN4O2. The lowest BCUT2D eigenvalue weighted by molar-refractivity contribution is -0.130. The van der Waals surface area contributed by atoms with E-state index >= 15 is 0 Å². The Morgan fingerprint density at radius 1 is 1.30 bits per heavy atom. The summed E-state index contributed by atoms with van der Waals surface area (Å²) in [6.07, 6.45) is 0. The SMILES string of the molecule is CC(=O)NCc1ccc(Cl)cc1-c1cccc(C2(C)NC(=N)N(C)C2=O)c1. The molecule has 2 aromatic rings. The molecule has 0 spiro atoms. The van der Waals surface area contributed by atoms with Gasteiger partial charge in [0.2, 0.25) is 5.91 Å². The Balaban J connectivity index is 2.04. The van der Waals surface area contributed by atoms with Crippen molar-refractivity contribution in [2.24, 2.45) is 0 Å². The Kier molecular flexibility index (Phi) is 4.93. The number of hydrogen-bond acceptors (Lipinski definition) is 3. The average molecular weight is 385 g/mol. The zero-order valence-electron chi connectivity index (χ0n) is 15.4. The Hall–Kier alpha value is -2.86. The maximum atomic E-state index is 12.6. The van der Waals surface area contributed by atoms with Gasteiger partial charge in [-0.3, -0.25) is 19.9 Å². The topological polar surface area (TPSA) is 85.3 Å². The fraction of sp³-hybridized carbons (Fsp3) is 0.250. The maximum absolute atomic E-state index is 12.6. The Bertz CT molecular complexity index is 943. The molecule has 140 valence electrons. The van der Waals surface area contributed by atoms with Gasteiger partial charge in [0.1, 0.15) is 5.54 Å². The lowest BCUT2D eigenvalue weighted by atomic mass is 9.88. The van der Waals surface area contributed by atoms with Crippen molar-refractivity contribution in [3.05, 3.63) is 58.6 Å². The quantitative estimate of drug-likeness (QED) is 0.757. The van der Waals surface area contributed by atoms with Crippen LogP contribution < -0.4 is 10.6 Å². The van der Waals surface area contributed by atoms with Crippen molar-refractivity contribution >= 4 is 29.4 Å².